The number of hydrogen-bond acceptors (Lipinski definition) is 4. The molecule has 26 heavy (non-hydrogen) atoms. The van der Waals surface area contributed by atoms with Crippen LogP contribution in [0.2, 0.25) is 5.02 Å². The summed E-state index contributed by atoms with van der Waals surface area (Å²) in [5.74, 6) is -1.92. The highest BCUT2D eigenvalue weighted by Crippen LogP contribution is 2.30. The number of aromatic nitrogens is 2. The zero-order chi connectivity index (χ0) is 18.9. The summed E-state index contributed by atoms with van der Waals surface area (Å²) in [6.45, 7) is 0. The Morgan fingerprint density at radius 3 is 2.35 bits per heavy atom. The van der Waals surface area contributed by atoms with Gasteiger partial charge in [-0.2, -0.15) is 18.2 Å². The third-order valence-corrected chi connectivity index (χ3v) is 3.92. The van der Waals surface area contributed by atoms with Crippen LogP contribution < -0.4 is 4.90 Å². The fourth-order valence-electron chi connectivity index (χ4n) is 2.22. The van der Waals surface area contributed by atoms with Gasteiger partial charge in [-0.15, -0.1) is 0 Å². The molecule has 0 spiro atoms. The molecular weight excluding hydrogens is 371 g/mol. The molecule has 3 rings (SSSR count). The topological polar surface area (TPSA) is 59.2 Å². The lowest BCUT2D eigenvalue weighted by Crippen LogP contribution is -2.26. The van der Waals surface area contributed by atoms with Crippen LogP contribution in [0.4, 0.5) is 18.9 Å². The van der Waals surface area contributed by atoms with Gasteiger partial charge >= 0.3 is 12.1 Å². The fraction of sp³-hybridized carbons (Fsp3) is 0.118. The first-order chi connectivity index (χ1) is 12.3. The number of amides is 1. The van der Waals surface area contributed by atoms with Gasteiger partial charge in [0.2, 0.25) is 5.82 Å². The van der Waals surface area contributed by atoms with Gasteiger partial charge < -0.3 is 9.42 Å². The molecule has 0 radical (unpaired) electrons. The first-order valence-corrected chi connectivity index (χ1v) is 7.69. The van der Waals surface area contributed by atoms with Gasteiger partial charge in [-0.05, 0) is 36.4 Å². The maximum absolute atomic E-state index is 12.5. The number of hydrogen-bond donors (Lipinski definition) is 0. The number of alkyl halides is 3. The van der Waals surface area contributed by atoms with Crippen molar-refractivity contribution in [1.82, 2.24) is 10.1 Å². The van der Waals surface area contributed by atoms with E-state index in [1.165, 1.54) is 17.0 Å². The Morgan fingerprint density at radius 1 is 1.12 bits per heavy atom. The van der Waals surface area contributed by atoms with E-state index in [0.29, 0.717) is 21.8 Å². The second kappa shape index (κ2) is 6.80. The van der Waals surface area contributed by atoms with Gasteiger partial charge in [0.25, 0.3) is 5.91 Å². The monoisotopic (exact) mass is 381 g/mol. The van der Waals surface area contributed by atoms with E-state index in [1.807, 2.05) is 0 Å². The highest BCUT2D eigenvalue weighted by atomic mass is 35.5. The minimum absolute atomic E-state index is 0.191. The Bertz CT molecular complexity index is 939. The fourth-order valence-corrected chi connectivity index (χ4v) is 2.44. The molecule has 1 heterocycles. The molecule has 0 fully saturated rings. The SMILES string of the molecule is CN(C(=O)c1ccccc1Cl)c1ccc(-c2noc(C(F)(F)F)n2)cc1. The molecular formula is C17H11ClF3N3O2. The van der Waals surface area contributed by atoms with Crippen molar-refractivity contribution in [3.8, 4) is 11.4 Å². The number of halogens is 4. The van der Waals surface area contributed by atoms with Gasteiger partial charge in [-0.25, -0.2) is 0 Å². The Kier molecular flexibility index (Phi) is 4.69. The minimum atomic E-state index is -4.70. The van der Waals surface area contributed by atoms with E-state index >= 15 is 0 Å². The van der Waals surface area contributed by atoms with Gasteiger partial charge in [0.15, 0.2) is 0 Å². The van der Waals surface area contributed by atoms with E-state index < -0.39 is 12.1 Å². The largest absolute Gasteiger partial charge is 0.471 e. The molecule has 0 bridgehead atoms. The van der Waals surface area contributed by atoms with Crippen LogP contribution in [0.15, 0.2) is 53.1 Å². The Morgan fingerprint density at radius 2 is 1.77 bits per heavy atom. The van der Waals surface area contributed by atoms with Crippen LogP contribution >= 0.6 is 11.6 Å². The molecule has 1 amide bonds. The van der Waals surface area contributed by atoms with Crippen LogP contribution in [0, 0.1) is 0 Å². The van der Waals surface area contributed by atoms with Gasteiger partial charge in [-0.1, -0.05) is 28.9 Å². The van der Waals surface area contributed by atoms with E-state index in [9.17, 15) is 18.0 Å². The van der Waals surface area contributed by atoms with E-state index in [0.717, 1.165) is 0 Å². The molecule has 1 aromatic heterocycles. The zero-order valence-corrected chi connectivity index (χ0v) is 14.0. The van der Waals surface area contributed by atoms with Crippen molar-refractivity contribution in [2.75, 3.05) is 11.9 Å². The van der Waals surface area contributed by atoms with E-state index in [4.69, 9.17) is 11.6 Å². The van der Waals surface area contributed by atoms with Crippen LogP contribution in [-0.2, 0) is 6.18 Å². The van der Waals surface area contributed by atoms with Gasteiger partial charge in [0.1, 0.15) is 0 Å². The summed E-state index contributed by atoms with van der Waals surface area (Å²) in [4.78, 5) is 17.2. The predicted octanol–water partition coefficient (Wildman–Crippen LogP) is 4.69. The first kappa shape index (κ1) is 17.9. The smallest absolute Gasteiger partial charge is 0.329 e. The summed E-state index contributed by atoms with van der Waals surface area (Å²) in [6.07, 6.45) is -4.70. The average Bonchev–Trinajstić information content (AvgIpc) is 3.12. The molecule has 2 aromatic carbocycles. The molecule has 0 atom stereocenters. The second-order valence-corrected chi connectivity index (χ2v) is 5.72. The average molecular weight is 382 g/mol. The maximum Gasteiger partial charge on any atom is 0.471 e. The van der Waals surface area contributed by atoms with Crippen LogP contribution in [0.1, 0.15) is 16.2 Å². The van der Waals surface area contributed by atoms with Crippen LogP contribution in [-0.4, -0.2) is 23.1 Å². The summed E-state index contributed by atoms with van der Waals surface area (Å²) in [7, 11) is 1.57. The van der Waals surface area contributed by atoms with Crippen molar-refractivity contribution < 1.29 is 22.5 Å². The summed E-state index contributed by atoms with van der Waals surface area (Å²) >= 11 is 6.03. The van der Waals surface area contributed by atoms with Crippen molar-refractivity contribution >= 4 is 23.2 Å². The van der Waals surface area contributed by atoms with E-state index in [2.05, 4.69) is 14.7 Å². The maximum atomic E-state index is 12.5. The third kappa shape index (κ3) is 3.55. The number of carbonyl (C=O) groups excluding carboxylic acids is 1. The minimum Gasteiger partial charge on any atom is -0.329 e. The van der Waals surface area contributed by atoms with Crippen molar-refractivity contribution in [3.63, 3.8) is 0 Å². The molecule has 134 valence electrons. The van der Waals surface area contributed by atoms with Crippen molar-refractivity contribution in [2.24, 2.45) is 0 Å². The molecule has 9 heteroatoms. The van der Waals surface area contributed by atoms with E-state index in [1.54, 1.807) is 43.4 Å². The zero-order valence-electron chi connectivity index (χ0n) is 13.3. The standard InChI is InChI=1S/C17H11ClF3N3O2/c1-24(15(25)12-4-2-3-5-13(12)18)11-8-6-10(7-9-11)14-22-16(26-23-14)17(19,20)21/h2-9H,1H3. The number of anilines is 1. The highest BCUT2D eigenvalue weighted by Gasteiger charge is 2.38. The lowest BCUT2D eigenvalue weighted by Gasteiger charge is -2.18. The highest BCUT2D eigenvalue weighted by molar-refractivity contribution is 6.34. The number of carbonyl (C=O) groups is 1. The Labute approximate surface area is 151 Å². The lowest BCUT2D eigenvalue weighted by molar-refractivity contribution is -0.159. The summed E-state index contributed by atoms with van der Waals surface area (Å²) in [6, 6.07) is 12.8. The van der Waals surface area contributed by atoms with E-state index in [-0.39, 0.29) is 11.7 Å². The van der Waals surface area contributed by atoms with Gasteiger partial charge in [-0.3, -0.25) is 4.79 Å². The second-order valence-electron chi connectivity index (χ2n) is 5.31. The third-order valence-electron chi connectivity index (χ3n) is 3.59. The van der Waals surface area contributed by atoms with Crippen molar-refractivity contribution in [2.45, 2.75) is 6.18 Å². The number of rotatable bonds is 3. The molecule has 0 unspecified atom stereocenters. The van der Waals surface area contributed by atoms with Crippen LogP contribution in [0.25, 0.3) is 11.4 Å². The molecule has 0 aliphatic rings. The quantitative estimate of drug-likeness (QED) is 0.660. The first-order valence-electron chi connectivity index (χ1n) is 7.31. The Hall–Kier alpha value is -2.87. The van der Waals surface area contributed by atoms with Crippen molar-refractivity contribution in [1.29, 1.82) is 0 Å². The summed E-state index contributed by atoms with van der Waals surface area (Å²) in [5, 5.41) is 3.64. The normalized spacial score (nSPS) is 11.4. The van der Waals surface area contributed by atoms with Gasteiger partial charge in [0.05, 0.1) is 10.6 Å². The summed E-state index contributed by atoms with van der Waals surface area (Å²) in [5.41, 5.74) is 1.19. The molecule has 5 nitrogen and oxygen atoms in total. The molecule has 0 saturated heterocycles. The molecule has 0 N–H and O–H groups in total. The molecule has 0 aliphatic heterocycles. The van der Waals surface area contributed by atoms with Crippen LogP contribution in [0.5, 0.6) is 0 Å². The molecule has 0 saturated carbocycles. The predicted molar refractivity (Wildman–Crippen MR) is 88.9 cm³/mol. The Balaban J connectivity index is 1.82. The number of benzene rings is 2. The van der Waals surface area contributed by atoms with Gasteiger partial charge in [0, 0.05) is 18.3 Å². The van der Waals surface area contributed by atoms with Crippen LogP contribution in [0.3, 0.4) is 0 Å². The van der Waals surface area contributed by atoms with Crippen molar-refractivity contribution in [3.05, 3.63) is 65.0 Å². The molecule has 0 aliphatic carbocycles. The summed E-state index contributed by atoms with van der Waals surface area (Å²) < 4.78 is 41.8. The lowest BCUT2D eigenvalue weighted by atomic mass is 10.1. The number of nitrogens with zero attached hydrogens (tertiary/aromatic N) is 3. The molecule has 3 aromatic rings.